The summed E-state index contributed by atoms with van der Waals surface area (Å²) in [7, 11) is -3.99. The predicted molar refractivity (Wildman–Crippen MR) is 127 cm³/mol. The van der Waals surface area contributed by atoms with Gasteiger partial charge in [0, 0.05) is 17.7 Å². The number of hydrogen-bond acceptors (Lipinski definition) is 4. The van der Waals surface area contributed by atoms with E-state index in [4.69, 9.17) is 5.73 Å². The molecular weight excluding hydrogens is 420 g/mol. The van der Waals surface area contributed by atoms with E-state index in [1.807, 2.05) is 54.6 Å². The first kappa shape index (κ1) is 21.3. The second kappa shape index (κ2) is 9.08. The van der Waals surface area contributed by atoms with Crippen molar-refractivity contribution in [2.24, 2.45) is 0 Å². The smallest absolute Gasteiger partial charge is 0.265 e. The number of carbonyl (C=O) groups is 1. The number of amides is 1. The first-order valence-corrected chi connectivity index (χ1v) is 11.6. The molecule has 3 N–H and O–H groups in total. The molecule has 0 aliphatic carbocycles. The van der Waals surface area contributed by atoms with Crippen LogP contribution in [-0.2, 0) is 16.4 Å². The maximum Gasteiger partial charge on any atom is 0.265 e. The van der Waals surface area contributed by atoms with Crippen LogP contribution in [-0.4, -0.2) is 14.3 Å². The SMILES string of the molecule is Nc1cccc(C(=O)NS(=O)(=O)c2ccccc2)c1Cc1ccc(-c2ccccc2)cc1. The summed E-state index contributed by atoms with van der Waals surface area (Å²) in [5.41, 5.74) is 10.6. The first-order valence-electron chi connectivity index (χ1n) is 10.1. The molecule has 160 valence electrons. The van der Waals surface area contributed by atoms with Crippen molar-refractivity contribution >= 4 is 21.6 Å². The highest BCUT2D eigenvalue weighted by atomic mass is 32.2. The molecule has 0 atom stereocenters. The fourth-order valence-corrected chi connectivity index (χ4v) is 4.49. The van der Waals surface area contributed by atoms with Crippen LogP contribution in [0.1, 0.15) is 21.5 Å². The third-order valence-corrected chi connectivity index (χ3v) is 6.53. The van der Waals surface area contributed by atoms with Crippen LogP contribution in [0.25, 0.3) is 11.1 Å². The van der Waals surface area contributed by atoms with Crippen LogP contribution in [0.4, 0.5) is 5.69 Å². The number of benzene rings is 4. The molecule has 0 unspecified atom stereocenters. The van der Waals surface area contributed by atoms with Crippen molar-refractivity contribution in [3.63, 3.8) is 0 Å². The van der Waals surface area contributed by atoms with Gasteiger partial charge >= 0.3 is 0 Å². The molecular formula is C26H22N2O3S. The molecule has 0 aliphatic rings. The van der Waals surface area contributed by atoms with Crippen molar-refractivity contribution in [1.29, 1.82) is 0 Å². The third kappa shape index (κ3) is 4.71. The standard InChI is InChI=1S/C26H22N2O3S/c27-25-13-7-12-23(26(29)28-32(30,31)22-10-5-2-6-11-22)24(25)18-19-14-16-21(17-15-19)20-8-3-1-4-9-20/h1-17H,18,27H2,(H,28,29). The van der Waals surface area contributed by atoms with Crippen LogP contribution < -0.4 is 10.5 Å². The molecule has 0 aromatic heterocycles. The van der Waals surface area contributed by atoms with E-state index >= 15 is 0 Å². The lowest BCUT2D eigenvalue weighted by atomic mass is 9.96. The van der Waals surface area contributed by atoms with Crippen LogP contribution in [0.2, 0.25) is 0 Å². The average Bonchev–Trinajstić information content (AvgIpc) is 2.82. The Morgan fingerprint density at radius 3 is 1.97 bits per heavy atom. The zero-order valence-corrected chi connectivity index (χ0v) is 18.0. The monoisotopic (exact) mass is 442 g/mol. The highest BCUT2D eigenvalue weighted by Crippen LogP contribution is 2.24. The summed E-state index contributed by atoms with van der Waals surface area (Å²) in [6, 6.07) is 30.7. The predicted octanol–water partition coefficient (Wildman–Crippen LogP) is 4.65. The molecule has 0 aliphatic heterocycles. The molecule has 0 radical (unpaired) electrons. The summed E-state index contributed by atoms with van der Waals surface area (Å²) in [6.45, 7) is 0. The van der Waals surface area contributed by atoms with Gasteiger partial charge in [-0.3, -0.25) is 4.79 Å². The van der Waals surface area contributed by atoms with E-state index < -0.39 is 15.9 Å². The molecule has 0 fully saturated rings. The van der Waals surface area contributed by atoms with Gasteiger partial charge in [-0.05, 0) is 46.5 Å². The van der Waals surface area contributed by atoms with E-state index in [-0.39, 0.29) is 10.5 Å². The topological polar surface area (TPSA) is 89.3 Å². The van der Waals surface area contributed by atoms with Gasteiger partial charge in [0.1, 0.15) is 0 Å². The lowest BCUT2D eigenvalue weighted by Gasteiger charge is -2.13. The van der Waals surface area contributed by atoms with Crippen LogP contribution >= 0.6 is 0 Å². The Bertz CT molecular complexity index is 1340. The van der Waals surface area contributed by atoms with E-state index in [2.05, 4.69) is 4.72 Å². The number of nitrogens with two attached hydrogens (primary N) is 1. The minimum atomic E-state index is -3.99. The van der Waals surface area contributed by atoms with Crippen LogP contribution in [0.3, 0.4) is 0 Å². The van der Waals surface area contributed by atoms with Gasteiger partial charge in [-0.2, -0.15) is 0 Å². The normalized spacial score (nSPS) is 11.1. The van der Waals surface area contributed by atoms with Gasteiger partial charge in [0.25, 0.3) is 15.9 Å². The number of anilines is 1. The summed E-state index contributed by atoms with van der Waals surface area (Å²) in [5, 5.41) is 0. The fraction of sp³-hybridized carbons (Fsp3) is 0.0385. The van der Waals surface area contributed by atoms with Gasteiger partial charge < -0.3 is 5.73 Å². The lowest BCUT2D eigenvalue weighted by Crippen LogP contribution is -2.31. The Labute approximate surface area is 187 Å². The number of carbonyl (C=O) groups excluding carboxylic acids is 1. The Morgan fingerprint density at radius 2 is 1.31 bits per heavy atom. The Morgan fingerprint density at radius 1 is 0.719 bits per heavy atom. The second-order valence-electron chi connectivity index (χ2n) is 7.36. The molecule has 4 aromatic carbocycles. The highest BCUT2D eigenvalue weighted by molar-refractivity contribution is 7.90. The Balaban J connectivity index is 1.59. The van der Waals surface area contributed by atoms with Gasteiger partial charge in [-0.25, -0.2) is 13.1 Å². The van der Waals surface area contributed by atoms with Gasteiger partial charge in [-0.1, -0.05) is 78.9 Å². The number of rotatable bonds is 6. The van der Waals surface area contributed by atoms with Crippen molar-refractivity contribution in [3.05, 3.63) is 120 Å². The van der Waals surface area contributed by atoms with E-state index in [9.17, 15) is 13.2 Å². The minimum absolute atomic E-state index is 0.0234. The van der Waals surface area contributed by atoms with Crippen molar-refractivity contribution in [1.82, 2.24) is 4.72 Å². The summed E-state index contributed by atoms with van der Waals surface area (Å²) >= 11 is 0. The maximum absolute atomic E-state index is 12.9. The van der Waals surface area contributed by atoms with Crippen molar-refractivity contribution in [2.45, 2.75) is 11.3 Å². The number of hydrogen-bond donors (Lipinski definition) is 2. The van der Waals surface area contributed by atoms with Crippen LogP contribution in [0.5, 0.6) is 0 Å². The van der Waals surface area contributed by atoms with E-state index in [0.29, 0.717) is 17.7 Å². The van der Waals surface area contributed by atoms with E-state index in [1.165, 1.54) is 12.1 Å². The fourth-order valence-electron chi connectivity index (χ4n) is 3.50. The lowest BCUT2D eigenvalue weighted by molar-refractivity contribution is 0.0980. The highest BCUT2D eigenvalue weighted by Gasteiger charge is 2.21. The molecule has 6 heteroatoms. The van der Waals surface area contributed by atoms with Crippen molar-refractivity contribution < 1.29 is 13.2 Å². The maximum atomic E-state index is 12.9. The molecule has 0 heterocycles. The summed E-state index contributed by atoms with van der Waals surface area (Å²) in [4.78, 5) is 12.9. The minimum Gasteiger partial charge on any atom is -0.398 e. The van der Waals surface area contributed by atoms with E-state index in [1.54, 1.807) is 36.4 Å². The molecule has 0 spiro atoms. The molecule has 0 saturated heterocycles. The average molecular weight is 443 g/mol. The van der Waals surface area contributed by atoms with Gasteiger partial charge in [0.15, 0.2) is 0 Å². The Hall–Kier alpha value is -3.90. The van der Waals surface area contributed by atoms with E-state index in [0.717, 1.165) is 16.7 Å². The zero-order chi connectivity index (χ0) is 22.6. The molecule has 4 rings (SSSR count). The third-order valence-electron chi connectivity index (χ3n) is 5.18. The van der Waals surface area contributed by atoms with Crippen molar-refractivity contribution in [3.8, 4) is 11.1 Å². The molecule has 32 heavy (non-hydrogen) atoms. The second-order valence-corrected chi connectivity index (χ2v) is 9.04. The largest absolute Gasteiger partial charge is 0.398 e. The quantitative estimate of drug-likeness (QED) is 0.426. The molecule has 0 bridgehead atoms. The number of nitrogen functional groups attached to an aromatic ring is 1. The summed E-state index contributed by atoms with van der Waals surface area (Å²) in [6.07, 6.45) is 0.399. The molecule has 0 saturated carbocycles. The molecule has 1 amide bonds. The molecule has 5 nitrogen and oxygen atoms in total. The summed E-state index contributed by atoms with van der Waals surface area (Å²) < 4.78 is 27.3. The van der Waals surface area contributed by atoms with Crippen LogP contribution in [0, 0.1) is 0 Å². The summed E-state index contributed by atoms with van der Waals surface area (Å²) in [5.74, 6) is -0.711. The first-order chi connectivity index (χ1) is 15.4. The number of sulfonamides is 1. The van der Waals surface area contributed by atoms with Crippen molar-refractivity contribution in [2.75, 3.05) is 5.73 Å². The zero-order valence-electron chi connectivity index (χ0n) is 17.2. The van der Waals surface area contributed by atoms with Gasteiger partial charge in [0.05, 0.1) is 4.90 Å². The molecule has 4 aromatic rings. The van der Waals surface area contributed by atoms with Crippen LogP contribution in [0.15, 0.2) is 108 Å². The number of nitrogens with one attached hydrogen (secondary N) is 1. The Kier molecular flexibility index (Phi) is 6.05. The van der Waals surface area contributed by atoms with Gasteiger partial charge in [0.2, 0.25) is 0 Å². The van der Waals surface area contributed by atoms with Gasteiger partial charge in [-0.15, -0.1) is 0 Å².